The van der Waals surface area contributed by atoms with Crippen molar-refractivity contribution >= 4 is 17.5 Å². The van der Waals surface area contributed by atoms with Gasteiger partial charge in [-0.25, -0.2) is 13.6 Å². The Morgan fingerprint density at radius 2 is 2.00 bits per heavy atom. The summed E-state index contributed by atoms with van der Waals surface area (Å²) in [6, 6.07) is 3.36. The second-order valence-corrected chi connectivity index (χ2v) is 9.13. The number of nitrogens with one attached hydrogen (secondary N) is 3. The summed E-state index contributed by atoms with van der Waals surface area (Å²) in [7, 11) is 1.59. The SMILES string of the molecule is CNC(=O)N1CCO[C@@H]([C@@]23CC[C@@H](/C(=C/C(=N)c4c(F)cccc4F)C2=N)C3(C)C)C1. The topological polar surface area (TPSA) is 89.3 Å². The van der Waals surface area contributed by atoms with Crippen LogP contribution in [0.25, 0.3) is 0 Å². The van der Waals surface area contributed by atoms with Gasteiger partial charge in [0.05, 0.1) is 24.0 Å². The summed E-state index contributed by atoms with van der Waals surface area (Å²) >= 11 is 0. The van der Waals surface area contributed by atoms with Gasteiger partial charge in [0.25, 0.3) is 0 Å². The summed E-state index contributed by atoms with van der Waals surface area (Å²) in [4.78, 5) is 13.9. The highest BCUT2D eigenvalue weighted by molar-refractivity contribution is 6.15. The molecule has 8 heteroatoms. The van der Waals surface area contributed by atoms with Crippen LogP contribution in [0.5, 0.6) is 0 Å². The summed E-state index contributed by atoms with van der Waals surface area (Å²) in [5.74, 6) is -1.60. The van der Waals surface area contributed by atoms with E-state index in [0.29, 0.717) is 31.0 Å². The summed E-state index contributed by atoms with van der Waals surface area (Å²) in [6.45, 7) is 5.45. The first-order valence-electron chi connectivity index (χ1n) is 10.6. The van der Waals surface area contributed by atoms with Crippen LogP contribution in [-0.4, -0.2) is 55.2 Å². The monoisotopic (exact) mass is 430 g/mol. The molecule has 1 aromatic carbocycles. The highest BCUT2D eigenvalue weighted by atomic mass is 19.1. The van der Waals surface area contributed by atoms with Crippen molar-refractivity contribution in [3.8, 4) is 0 Å². The van der Waals surface area contributed by atoms with E-state index in [1.54, 1.807) is 11.9 Å². The number of nitrogens with zero attached hydrogens (tertiary/aromatic N) is 1. The summed E-state index contributed by atoms with van der Waals surface area (Å²) in [5, 5.41) is 20.1. The van der Waals surface area contributed by atoms with Crippen molar-refractivity contribution in [3.63, 3.8) is 0 Å². The minimum atomic E-state index is -0.789. The molecule has 2 aliphatic carbocycles. The van der Waals surface area contributed by atoms with Gasteiger partial charge in [0.2, 0.25) is 0 Å². The van der Waals surface area contributed by atoms with E-state index in [1.165, 1.54) is 12.1 Å². The fourth-order valence-electron chi connectivity index (χ4n) is 5.97. The van der Waals surface area contributed by atoms with Gasteiger partial charge in [-0.2, -0.15) is 0 Å². The molecule has 1 aromatic rings. The molecule has 31 heavy (non-hydrogen) atoms. The lowest BCUT2D eigenvalue weighted by Crippen LogP contribution is -2.58. The van der Waals surface area contributed by atoms with Crippen LogP contribution in [0.3, 0.4) is 0 Å². The summed E-state index contributed by atoms with van der Waals surface area (Å²) < 4.78 is 34.5. The Morgan fingerprint density at radius 3 is 2.65 bits per heavy atom. The third-order valence-electron chi connectivity index (χ3n) is 7.61. The molecule has 0 radical (unpaired) electrons. The lowest BCUT2D eigenvalue weighted by atomic mass is 9.64. The van der Waals surface area contributed by atoms with Gasteiger partial charge in [0.15, 0.2) is 0 Å². The molecule has 3 fully saturated rings. The molecule has 2 bridgehead atoms. The maximum atomic E-state index is 14.2. The molecular weight excluding hydrogens is 402 g/mol. The first-order valence-corrected chi connectivity index (χ1v) is 10.6. The molecule has 0 aromatic heterocycles. The van der Waals surface area contributed by atoms with Crippen LogP contribution in [0.4, 0.5) is 13.6 Å². The van der Waals surface area contributed by atoms with Crippen molar-refractivity contribution in [2.24, 2.45) is 16.7 Å². The molecule has 4 rings (SSSR count). The summed E-state index contributed by atoms with van der Waals surface area (Å²) in [5.41, 5.74) is -0.615. The predicted molar refractivity (Wildman–Crippen MR) is 114 cm³/mol. The van der Waals surface area contributed by atoms with E-state index in [4.69, 9.17) is 15.6 Å². The number of ether oxygens (including phenoxy) is 1. The van der Waals surface area contributed by atoms with Gasteiger partial charge in [0, 0.05) is 31.3 Å². The highest BCUT2D eigenvalue weighted by Gasteiger charge is 2.68. The third kappa shape index (κ3) is 3.03. The van der Waals surface area contributed by atoms with Crippen LogP contribution in [0.15, 0.2) is 29.8 Å². The van der Waals surface area contributed by atoms with Crippen LogP contribution in [0.1, 0.15) is 32.3 Å². The average molecular weight is 430 g/mol. The first-order chi connectivity index (χ1) is 14.6. The van der Waals surface area contributed by atoms with Crippen molar-refractivity contribution in [1.29, 1.82) is 10.8 Å². The molecule has 2 saturated carbocycles. The van der Waals surface area contributed by atoms with Crippen molar-refractivity contribution in [2.45, 2.75) is 32.8 Å². The largest absolute Gasteiger partial charge is 0.374 e. The van der Waals surface area contributed by atoms with Crippen LogP contribution in [0, 0.1) is 39.2 Å². The smallest absolute Gasteiger partial charge is 0.317 e. The zero-order chi connectivity index (χ0) is 22.6. The van der Waals surface area contributed by atoms with E-state index in [2.05, 4.69) is 19.2 Å². The van der Waals surface area contributed by atoms with E-state index in [-0.39, 0.29) is 34.7 Å². The fraction of sp³-hybridized carbons (Fsp3) is 0.522. The van der Waals surface area contributed by atoms with Gasteiger partial charge in [-0.15, -0.1) is 0 Å². The third-order valence-corrected chi connectivity index (χ3v) is 7.61. The second-order valence-electron chi connectivity index (χ2n) is 9.13. The molecular formula is C23H28F2N4O2. The highest BCUT2D eigenvalue weighted by Crippen LogP contribution is 2.68. The number of urea groups is 1. The zero-order valence-electron chi connectivity index (χ0n) is 18.0. The number of hydrogen-bond donors (Lipinski definition) is 3. The molecule has 3 aliphatic rings. The predicted octanol–water partition coefficient (Wildman–Crippen LogP) is 3.76. The molecule has 6 nitrogen and oxygen atoms in total. The van der Waals surface area contributed by atoms with Gasteiger partial charge in [0.1, 0.15) is 11.6 Å². The quantitative estimate of drug-likeness (QED) is 0.638. The molecule has 1 heterocycles. The maximum Gasteiger partial charge on any atom is 0.317 e. The van der Waals surface area contributed by atoms with Crippen LogP contribution in [0.2, 0.25) is 0 Å². The second kappa shape index (κ2) is 7.51. The molecule has 0 spiro atoms. The van der Waals surface area contributed by atoms with Gasteiger partial charge in [-0.1, -0.05) is 19.9 Å². The van der Waals surface area contributed by atoms with Crippen molar-refractivity contribution < 1.29 is 18.3 Å². The lowest BCUT2D eigenvalue weighted by molar-refractivity contribution is -0.0881. The minimum Gasteiger partial charge on any atom is -0.374 e. The first kappa shape index (κ1) is 21.6. The lowest BCUT2D eigenvalue weighted by Gasteiger charge is -2.47. The zero-order valence-corrected chi connectivity index (χ0v) is 18.0. The number of carbonyl (C=O) groups excluding carboxylic acids is 1. The number of hydrogen-bond acceptors (Lipinski definition) is 4. The molecule has 3 atom stereocenters. The Bertz CT molecular complexity index is 970. The average Bonchev–Trinajstić information content (AvgIpc) is 3.09. The molecule has 0 unspecified atom stereocenters. The van der Waals surface area contributed by atoms with Gasteiger partial charge in [-0.05, 0) is 48.0 Å². The molecule has 166 valence electrons. The van der Waals surface area contributed by atoms with E-state index >= 15 is 0 Å². The van der Waals surface area contributed by atoms with Crippen molar-refractivity contribution in [2.75, 3.05) is 26.7 Å². The van der Waals surface area contributed by atoms with E-state index in [9.17, 15) is 13.6 Å². The Balaban J connectivity index is 1.71. The van der Waals surface area contributed by atoms with Crippen LogP contribution >= 0.6 is 0 Å². The number of carbonyl (C=O) groups is 1. The van der Waals surface area contributed by atoms with Crippen LogP contribution in [-0.2, 0) is 4.74 Å². The maximum absolute atomic E-state index is 14.2. The number of morpholine rings is 1. The van der Waals surface area contributed by atoms with Crippen molar-refractivity contribution in [1.82, 2.24) is 10.2 Å². The molecule has 3 N–H and O–H groups in total. The molecule has 1 aliphatic heterocycles. The number of amides is 2. The number of benzene rings is 1. The van der Waals surface area contributed by atoms with E-state index < -0.39 is 17.0 Å². The standard InChI is InChI=1S/C23H28F2N4O2/c1-22(2)14-7-8-23(22,18-12-29(9-10-31-18)21(30)28-3)20(27)13(14)11-17(26)19-15(24)5-4-6-16(19)25/h4-6,11,14,18,26-27H,7-10,12H2,1-3H3,(H,28,30)/b13-11-,26-17?,27-20?/t14-,18+,23-/m0/s1. The van der Waals surface area contributed by atoms with Gasteiger partial charge < -0.3 is 25.8 Å². The van der Waals surface area contributed by atoms with Crippen molar-refractivity contribution in [3.05, 3.63) is 47.0 Å². The van der Waals surface area contributed by atoms with Gasteiger partial charge in [-0.3, -0.25) is 0 Å². The number of halogens is 2. The molecule has 1 saturated heterocycles. The number of allylic oxidation sites excluding steroid dienone is 2. The molecule has 2 amide bonds. The minimum absolute atomic E-state index is 0.0193. The van der Waals surface area contributed by atoms with Crippen LogP contribution < -0.4 is 5.32 Å². The normalized spacial score (nSPS) is 30.7. The van der Waals surface area contributed by atoms with E-state index in [0.717, 1.165) is 25.0 Å². The number of fused-ring (bicyclic) bond motifs is 2. The van der Waals surface area contributed by atoms with E-state index in [1.807, 2.05) is 0 Å². The van der Waals surface area contributed by atoms with Gasteiger partial charge >= 0.3 is 6.03 Å². The fourth-order valence-corrected chi connectivity index (χ4v) is 5.97. The Morgan fingerprint density at radius 1 is 1.32 bits per heavy atom. The Kier molecular flexibility index (Phi) is 5.24. The Hall–Kier alpha value is -2.61. The number of rotatable bonds is 3. The summed E-state index contributed by atoms with van der Waals surface area (Å²) in [6.07, 6.45) is 2.65. The Labute approximate surface area is 180 Å².